The van der Waals surface area contributed by atoms with Gasteiger partial charge in [-0.05, 0) is 37.2 Å². The summed E-state index contributed by atoms with van der Waals surface area (Å²) >= 11 is 0. The second kappa shape index (κ2) is 6.73. The molecule has 1 rings (SSSR count). The lowest BCUT2D eigenvalue weighted by Gasteiger charge is -2.04. The Hall–Kier alpha value is -0.780. The van der Waals surface area contributed by atoms with E-state index in [-0.39, 0.29) is 18.2 Å². The van der Waals surface area contributed by atoms with Gasteiger partial charge in [0.1, 0.15) is 5.75 Å². The Balaban J connectivity index is 0.00000225. The Morgan fingerprint density at radius 1 is 1.25 bits per heavy atom. The molecule has 0 spiro atoms. The van der Waals surface area contributed by atoms with Crippen molar-refractivity contribution in [3.8, 4) is 5.75 Å². The molecule has 1 aromatic rings. The maximum atomic E-state index is 11.7. The summed E-state index contributed by atoms with van der Waals surface area (Å²) in [6.45, 7) is 0.384. The van der Waals surface area contributed by atoms with Crippen LogP contribution in [0.1, 0.15) is 6.42 Å². The van der Waals surface area contributed by atoms with E-state index >= 15 is 0 Å². The lowest BCUT2D eigenvalue weighted by atomic mass is 10.3. The van der Waals surface area contributed by atoms with Gasteiger partial charge < -0.3 is 10.5 Å². The summed E-state index contributed by atoms with van der Waals surface area (Å²) in [5.74, 6) is 0.739. The van der Waals surface area contributed by atoms with Gasteiger partial charge in [0.2, 0.25) is 0 Å². The van der Waals surface area contributed by atoms with Gasteiger partial charge in [0.05, 0.1) is 17.8 Å². The zero-order chi connectivity index (χ0) is 11.3. The predicted molar refractivity (Wildman–Crippen MR) is 66.0 cm³/mol. The molecule has 4 nitrogen and oxygen atoms in total. The summed E-state index contributed by atoms with van der Waals surface area (Å²) in [6, 6.07) is 6.36. The number of halogens is 1. The number of nitrogens with two attached hydrogens (primary N) is 1. The minimum absolute atomic E-state index is 0. The van der Waals surface area contributed by atoms with Crippen molar-refractivity contribution >= 4 is 22.2 Å². The van der Waals surface area contributed by atoms with Crippen LogP contribution in [0, 0.1) is 0 Å². The number of hydrogen-bond donors (Lipinski definition) is 1. The molecule has 0 fully saturated rings. The molecule has 0 aliphatic carbocycles. The van der Waals surface area contributed by atoms with Gasteiger partial charge in [-0.1, -0.05) is 0 Å². The Bertz CT molecular complexity index is 403. The molecule has 1 aromatic carbocycles. The molecule has 0 aliphatic rings. The number of rotatable bonds is 5. The molecule has 6 heteroatoms. The van der Waals surface area contributed by atoms with E-state index in [0.29, 0.717) is 23.6 Å². The summed E-state index contributed by atoms with van der Waals surface area (Å²) in [4.78, 5) is 0.316. The summed E-state index contributed by atoms with van der Waals surface area (Å²) in [5, 5.41) is 0. The van der Waals surface area contributed by atoms with Crippen LogP contribution in [-0.4, -0.2) is 27.8 Å². The standard InChI is InChI=1S/C10H15NO3S.ClH/c1-14-9-3-5-10(6-4-9)15(12,13)8-2-7-11;/h3-6H,2,7-8,11H2,1H3;1H. The molecular formula is C10H16ClNO3S. The molecule has 0 heterocycles. The van der Waals surface area contributed by atoms with Gasteiger partial charge in [0.25, 0.3) is 0 Å². The van der Waals surface area contributed by atoms with Crippen LogP contribution in [0.5, 0.6) is 5.75 Å². The average molecular weight is 266 g/mol. The maximum absolute atomic E-state index is 11.7. The van der Waals surface area contributed by atoms with Crippen LogP contribution in [-0.2, 0) is 9.84 Å². The van der Waals surface area contributed by atoms with Gasteiger partial charge in [-0.25, -0.2) is 8.42 Å². The Morgan fingerprint density at radius 2 is 1.81 bits per heavy atom. The van der Waals surface area contributed by atoms with E-state index in [1.54, 1.807) is 24.3 Å². The molecule has 0 aromatic heterocycles. The quantitative estimate of drug-likeness (QED) is 0.870. The zero-order valence-electron chi connectivity index (χ0n) is 9.05. The average Bonchev–Trinajstić information content (AvgIpc) is 2.26. The summed E-state index contributed by atoms with van der Waals surface area (Å²) in [7, 11) is -1.64. The van der Waals surface area contributed by atoms with Crippen LogP contribution in [0.4, 0.5) is 0 Å². The molecular weight excluding hydrogens is 250 g/mol. The fourth-order valence-electron chi connectivity index (χ4n) is 1.17. The van der Waals surface area contributed by atoms with Crippen LogP contribution in [0.25, 0.3) is 0 Å². The lowest BCUT2D eigenvalue weighted by molar-refractivity contribution is 0.414. The van der Waals surface area contributed by atoms with Crippen molar-refractivity contribution < 1.29 is 13.2 Å². The van der Waals surface area contributed by atoms with Crippen LogP contribution in [0.15, 0.2) is 29.2 Å². The van der Waals surface area contributed by atoms with Crippen LogP contribution in [0.2, 0.25) is 0 Å². The SMILES string of the molecule is COc1ccc(S(=O)(=O)CCCN)cc1.Cl. The zero-order valence-corrected chi connectivity index (χ0v) is 10.7. The van der Waals surface area contributed by atoms with Crippen molar-refractivity contribution in [3.63, 3.8) is 0 Å². The summed E-state index contributed by atoms with van der Waals surface area (Å²) < 4.78 is 28.3. The largest absolute Gasteiger partial charge is 0.497 e. The normalized spacial score (nSPS) is 10.6. The highest BCUT2D eigenvalue weighted by Gasteiger charge is 2.13. The molecule has 0 atom stereocenters. The highest BCUT2D eigenvalue weighted by Crippen LogP contribution is 2.16. The molecule has 16 heavy (non-hydrogen) atoms. The number of sulfone groups is 1. The molecule has 92 valence electrons. The fraction of sp³-hybridized carbons (Fsp3) is 0.400. The third-order valence-electron chi connectivity index (χ3n) is 2.04. The van der Waals surface area contributed by atoms with E-state index in [1.807, 2.05) is 0 Å². The number of ether oxygens (including phenoxy) is 1. The van der Waals surface area contributed by atoms with Crippen molar-refractivity contribution in [1.82, 2.24) is 0 Å². The van der Waals surface area contributed by atoms with Crippen molar-refractivity contribution in [1.29, 1.82) is 0 Å². The number of methoxy groups -OCH3 is 1. The molecule has 0 saturated heterocycles. The number of hydrogen-bond acceptors (Lipinski definition) is 4. The Kier molecular flexibility index (Phi) is 6.40. The monoisotopic (exact) mass is 265 g/mol. The van der Waals surface area contributed by atoms with Gasteiger partial charge in [0, 0.05) is 0 Å². The number of benzene rings is 1. The van der Waals surface area contributed by atoms with E-state index in [4.69, 9.17) is 10.5 Å². The first-order chi connectivity index (χ1) is 7.10. The third-order valence-corrected chi connectivity index (χ3v) is 3.85. The lowest BCUT2D eigenvalue weighted by Crippen LogP contribution is -2.11. The van der Waals surface area contributed by atoms with E-state index in [1.165, 1.54) is 7.11 Å². The first-order valence-electron chi connectivity index (χ1n) is 4.67. The predicted octanol–water partition coefficient (Wildman–Crippen LogP) is 1.24. The highest BCUT2D eigenvalue weighted by molar-refractivity contribution is 7.91. The van der Waals surface area contributed by atoms with E-state index in [9.17, 15) is 8.42 Å². The first kappa shape index (κ1) is 15.2. The van der Waals surface area contributed by atoms with Crippen molar-refractivity contribution in [2.45, 2.75) is 11.3 Å². The van der Waals surface area contributed by atoms with Gasteiger partial charge in [-0.3, -0.25) is 0 Å². The van der Waals surface area contributed by atoms with Gasteiger partial charge in [-0.15, -0.1) is 12.4 Å². The minimum Gasteiger partial charge on any atom is -0.497 e. The fourth-order valence-corrected chi connectivity index (χ4v) is 2.51. The second-order valence-electron chi connectivity index (χ2n) is 3.14. The van der Waals surface area contributed by atoms with Crippen molar-refractivity contribution in [2.24, 2.45) is 5.73 Å². The summed E-state index contributed by atoms with van der Waals surface area (Å²) in [6.07, 6.45) is 0.481. The smallest absolute Gasteiger partial charge is 0.178 e. The molecule has 0 unspecified atom stereocenters. The maximum Gasteiger partial charge on any atom is 0.178 e. The van der Waals surface area contributed by atoms with Gasteiger partial charge >= 0.3 is 0 Å². The van der Waals surface area contributed by atoms with Gasteiger partial charge in [0.15, 0.2) is 9.84 Å². The molecule has 0 amide bonds. The van der Waals surface area contributed by atoms with Crippen LogP contribution in [0.3, 0.4) is 0 Å². The topological polar surface area (TPSA) is 69.4 Å². The van der Waals surface area contributed by atoms with Crippen molar-refractivity contribution in [2.75, 3.05) is 19.4 Å². The van der Waals surface area contributed by atoms with E-state index < -0.39 is 9.84 Å². The molecule has 0 radical (unpaired) electrons. The first-order valence-corrected chi connectivity index (χ1v) is 6.32. The summed E-state index contributed by atoms with van der Waals surface area (Å²) in [5.41, 5.74) is 5.27. The van der Waals surface area contributed by atoms with Crippen molar-refractivity contribution in [3.05, 3.63) is 24.3 Å². The third kappa shape index (κ3) is 4.00. The molecule has 0 saturated carbocycles. The minimum atomic E-state index is -3.18. The van der Waals surface area contributed by atoms with E-state index in [2.05, 4.69) is 0 Å². The molecule has 0 aliphatic heterocycles. The Labute approximate surface area is 102 Å². The van der Waals surface area contributed by atoms with Gasteiger partial charge in [-0.2, -0.15) is 0 Å². The van der Waals surface area contributed by atoms with Crippen LogP contribution >= 0.6 is 12.4 Å². The second-order valence-corrected chi connectivity index (χ2v) is 5.25. The Morgan fingerprint density at radius 3 is 2.25 bits per heavy atom. The molecule has 0 bridgehead atoms. The van der Waals surface area contributed by atoms with Crippen LogP contribution < -0.4 is 10.5 Å². The molecule has 2 N–H and O–H groups in total. The highest BCUT2D eigenvalue weighted by atomic mass is 35.5. The van der Waals surface area contributed by atoms with E-state index in [0.717, 1.165) is 0 Å².